The smallest absolute Gasteiger partial charge is 0.142 e. The van der Waals surface area contributed by atoms with Crippen LogP contribution in [-0.4, -0.2) is 29.4 Å². The summed E-state index contributed by atoms with van der Waals surface area (Å²) in [6, 6.07) is 3.30. The summed E-state index contributed by atoms with van der Waals surface area (Å²) in [5, 5.41) is 0.850. The first kappa shape index (κ1) is 20.0. The highest BCUT2D eigenvalue weighted by Crippen LogP contribution is 2.44. The zero-order valence-electron chi connectivity index (χ0n) is 15.6. The lowest BCUT2D eigenvalue weighted by Gasteiger charge is -2.23. The molecule has 1 fully saturated rings. The number of thiophene rings is 1. The van der Waals surface area contributed by atoms with Crippen LogP contribution in [0.15, 0.2) is 37.8 Å². The van der Waals surface area contributed by atoms with Gasteiger partial charge in [-0.05, 0) is 34.6 Å². The Labute approximate surface area is 188 Å². The van der Waals surface area contributed by atoms with Crippen LogP contribution >= 0.6 is 32.1 Å². The first-order valence-electron chi connectivity index (χ1n) is 9.26. The van der Waals surface area contributed by atoms with Gasteiger partial charge in [0.25, 0.3) is 0 Å². The fourth-order valence-electron chi connectivity index (χ4n) is 3.35. The largest absolute Gasteiger partial charge is 0.396 e. The Bertz CT molecular complexity index is 1300. The second-order valence-corrected chi connectivity index (χ2v) is 12.3. The monoisotopic (exact) mass is 553 g/mol. The summed E-state index contributed by atoms with van der Waals surface area (Å²) in [6.45, 7) is 0. The molecule has 0 amide bonds. The van der Waals surface area contributed by atoms with Gasteiger partial charge in [0, 0.05) is 34.2 Å². The number of hydrogen-bond donors (Lipinski definition) is 2. The van der Waals surface area contributed by atoms with E-state index in [1.54, 1.807) is 12.4 Å². The Morgan fingerprint density at radius 2 is 2.07 bits per heavy atom. The lowest BCUT2D eigenvalue weighted by Crippen LogP contribution is -2.23. The van der Waals surface area contributed by atoms with Crippen LogP contribution in [0.4, 0.5) is 10.1 Å². The van der Waals surface area contributed by atoms with Crippen LogP contribution in [-0.2, 0) is 10.8 Å². The quantitative estimate of drug-likeness (QED) is 0.472. The number of aromatic nitrogens is 2. The van der Waals surface area contributed by atoms with Crippen molar-refractivity contribution in [3.8, 4) is 11.1 Å². The number of fused-ring (bicyclic) bond motifs is 1. The van der Waals surface area contributed by atoms with Crippen molar-refractivity contribution in [2.24, 2.45) is 10.7 Å². The third kappa shape index (κ3) is 3.55. The number of aliphatic imine (C=N–C) groups is 1. The first-order chi connectivity index (χ1) is 14.5. The lowest BCUT2D eigenvalue weighted by molar-refractivity contribution is 0.505. The van der Waals surface area contributed by atoms with Gasteiger partial charge >= 0.3 is 0 Å². The molecule has 6 nitrogen and oxygen atoms in total. The Morgan fingerprint density at radius 3 is 2.73 bits per heavy atom. The molecular weight excluding hydrogens is 536 g/mol. The maximum absolute atomic E-state index is 13.9. The zero-order valence-corrected chi connectivity index (χ0v) is 19.4. The standard InChI is InChI=1S/C20H17FIN5OS2/c21-12-4-10(7-25-9-12)14-5-15(11-6-22-20(24)26-8-11)27-18-16(14)17(23)19(29-18)30(28)13-2-1-3-13/h4-9,13H,1-3,23H2,(H2,24,26). The molecule has 1 aliphatic heterocycles. The number of halogens is 2. The molecule has 4 N–H and O–H groups in total. The van der Waals surface area contributed by atoms with Crippen molar-refractivity contribution >= 4 is 74.3 Å². The molecule has 3 aromatic heterocycles. The average molecular weight is 553 g/mol. The molecule has 2 aliphatic rings. The molecule has 5 rings (SSSR count). The van der Waals surface area contributed by atoms with E-state index in [0.29, 0.717) is 35.1 Å². The zero-order chi connectivity index (χ0) is 20.8. The average Bonchev–Trinajstić information content (AvgIpc) is 3.03. The van der Waals surface area contributed by atoms with Crippen LogP contribution in [0, 0.1) is 5.82 Å². The third-order valence-electron chi connectivity index (χ3n) is 5.13. The summed E-state index contributed by atoms with van der Waals surface area (Å²) in [5.74, 6) is -0.433. The van der Waals surface area contributed by atoms with Crippen LogP contribution in [0.2, 0.25) is 0 Å². The Balaban J connectivity index is 1.74. The number of pyridine rings is 2. The molecule has 0 aromatic carbocycles. The molecule has 4 heterocycles. The number of allylic oxidation sites excluding steroid dienone is 1. The van der Waals surface area contributed by atoms with E-state index in [9.17, 15) is 8.60 Å². The molecular formula is C20H17FIN5OS2. The molecule has 0 spiro atoms. The van der Waals surface area contributed by atoms with Gasteiger partial charge in [-0.15, -0.1) is 11.3 Å². The van der Waals surface area contributed by atoms with Gasteiger partial charge in [-0.3, -0.25) is 14.9 Å². The van der Waals surface area contributed by atoms with E-state index in [-0.39, 0.29) is 5.25 Å². The van der Waals surface area contributed by atoms with Crippen molar-refractivity contribution in [3.05, 3.63) is 40.1 Å². The van der Waals surface area contributed by atoms with Gasteiger partial charge in [-0.1, -0.05) is 27.2 Å². The predicted molar refractivity (Wildman–Crippen MR) is 131 cm³/mol. The minimum Gasteiger partial charge on any atom is -0.396 e. The fraction of sp³-hybridized carbons (Fsp3) is 0.200. The van der Waals surface area contributed by atoms with E-state index in [2.05, 4.69) is 14.1 Å². The second-order valence-electron chi connectivity index (χ2n) is 7.04. The summed E-state index contributed by atoms with van der Waals surface area (Å²) in [4.78, 5) is 13.7. The molecule has 154 valence electrons. The number of rotatable bonds is 4. The van der Waals surface area contributed by atoms with E-state index in [1.165, 1.54) is 17.4 Å². The maximum atomic E-state index is 13.9. The topological polar surface area (TPSA) is 107 Å². The van der Waals surface area contributed by atoms with Crippen molar-refractivity contribution < 1.29 is 8.60 Å². The second kappa shape index (κ2) is 7.98. The van der Waals surface area contributed by atoms with E-state index in [0.717, 1.165) is 36.6 Å². The molecule has 1 unspecified atom stereocenters. The van der Waals surface area contributed by atoms with Crippen LogP contribution in [0.3, 0.4) is 0 Å². The molecule has 0 bridgehead atoms. The molecule has 0 saturated heterocycles. The van der Waals surface area contributed by atoms with Crippen molar-refractivity contribution in [2.75, 3.05) is 5.73 Å². The minimum absolute atomic E-state index is 0.149. The van der Waals surface area contributed by atoms with Crippen LogP contribution in [0.1, 0.15) is 25.0 Å². The number of nitrogens with zero attached hydrogens (tertiary/aromatic N) is 3. The van der Waals surface area contributed by atoms with Gasteiger partial charge in [0.2, 0.25) is 0 Å². The van der Waals surface area contributed by atoms with Crippen molar-refractivity contribution in [1.29, 1.82) is 0 Å². The first-order valence-corrected chi connectivity index (χ1v) is 13.6. The van der Waals surface area contributed by atoms with Crippen LogP contribution < -0.4 is 11.5 Å². The highest BCUT2D eigenvalue weighted by molar-refractivity contribution is 14.2. The number of nitrogens with two attached hydrogens (primary N) is 2. The summed E-state index contributed by atoms with van der Waals surface area (Å²) in [7, 11) is -1.16. The summed E-state index contributed by atoms with van der Waals surface area (Å²) >= 11 is 0.867. The Kier molecular flexibility index (Phi) is 5.33. The normalized spacial score (nSPS) is 17.8. The number of hydrogen-bond acceptors (Lipinski definition) is 7. The highest BCUT2D eigenvalue weighted by Gasteiger charge is 2.29. The molecule has 1 atom stereocenters. The van der Waals surface area contributed by atoms with E-state index >= 15 is 0 Å². The van der Waals surface area contributed by atoms with Crippen LogP contribution in [0.25, 0.3) is 26.9 Å². The van der Waals surface area contributed by atoms with Crippen molar-refractivity contribution in [3.63, 3.8) is 0 Å². The molecule has 0 radical (unpaired) electrons. The Morgan fingerprint density at radius 1 is 1.23 bits per heavy atom. The summed E-state index contributed by atoms with van der Waals surface area (Å²) < 4.78 is 30.3. The Hall–Kier alpha value is -1.89. The summed E-state index contributed by atoms with van der Waals surface area (Å²) in [5.41, 5.74) is 15.7. The molecule has 10 heteroatoms. The number of nitrogen functional groups attached to an aromatic ring is 1. The third-order valence-corrected chi connectivity index (χ3v) is 10.3. The van der Waals surface area contributed by atoms with E-state index in [1.807, 2.05) is 6.07 Å². The highest BCUT2D eigenvalue weighted by atomic mass is 127. The molecule has 1 aliphatic carbocycles. The molecule has 30 heavy (non-hydrogen) atoms. The maximum Gasteiger partial charge on any atom is 0.142 e. The van der Waals surface area contributed by atoms with Gasteiger partial charge in [0.1, 0.15) is 18.6 Å². The molecule has 3 aromatic rings. The van der Waals surface area contributed by atoms with Crippen molar-refractivity contribution in [1.82, 2.24) is 9.97 Å². The SMILES string of the molecule is NC1=IC=C(c2cc(-c3cncc(F)c3)c3c(N)c(S(=O)C4CCC4)sc3n2)C=N1. The lowest BCUT2D eigenvalue weighted by atomic mass is 10.00. The van der Waals surface area contributed by atoms with Gasteiger partial charge in [0.15, 0.2) is 0 Å². The van der Waals surface area contributed by atoms with Crippen molar-refractivity contribution in [2.45, 2.75) is 28.7 Å². The minimum atomic E-state index is -1.16. The number of anilines is 1. The summed E-state index contributed by atoms with van der Waals surface area (Å²) in [6.07, 6.45) is 7.46. The van der Waals surface area contributed by atoms with Gasteiger partial charge < -0.3 is 5.73 Å². The van der Waals surface area contributed by atoms with Gasteiger partial charge in [0.05, 0.1) is 28.4 Å². The predicted octanol–water partition coefficient (Wildman–Crippen LogP) is 4.18. The van der Waals surface area contributed by atoms with Gasteiger partial charge in [-0.25, -0.2) is 14.4 Å². The van der Waals surface area contributed by atoms with E-state index < -0.39 is 37.3 Å². The van der Waals surface area contributed by atoms with Crippen LogP contribution in [0.5, 0.6) is 0 Å². The van der Waals surface area contributed by atoms with Gasteiger partial charge in [-0.2, -0.15) is 0 Å². The fourth-order valence-corrected chi connectivity index (χ4v) is 7.99. The molecule has 1 saturated carbocycles. The van der Waals surface area contributed by atoms with E-state index in [4.69, 9.17) is 16.5 Å².